The predicted octanol–water partition coefficient (Wildman–Crippen LogP) is 5.47. The minimum Gasteiger partial charge on any atom is -0.484 e. The number of anilines is 1. The molecule has 0 aliphatic heterocycles. The van der Waals surface area contributed by atoms with Gasteiger partial charge < -0.3 is 10.1 Å². The highest BCUT2D eigenvalue weighted by molar-refractivity contribution is 7.99. The molecular weight excluding hydrogens is 342 g/mol. The first-order chi connectivity index (χ1) is 12.6. The summed E-state index contributed by atoms with van der Waals surface area (Å²) in [5.74, 6) is 0.532. The second-order valence-corrected chi connectivity index (χ2v) is 7.17. The summed E-state index contributed by atoms with van der Waals surface area (Å²) in [7, 11) is 0. The third kappa shape index (κ3) is 5.14. The number of amides is 1. The second-order valence-electron chi connectivity index (χ2n) is 6.02. The van der Waals surface area contributed by atoms with Crippen molar-refractivity contribution < 1.29 is 9.53 Å². The van der Waals surface area contributed by atoms with Crippen molar-refractivity contribution >= 4 is 23.4 Å². The summed E-state index contributed by atoms with van der Waals surface area (Å²) in [6.45, 7) is 4.06. The first-order valence-corrected chi connectivity index (χ1v) is 9.25. The van der Waals surface area contributed by atoms with Gasteiger partial charge in [0.05, 0.1) is 0 Å². The van der Waals surface area contributed by atoms with Crippen molar-refractivity contribution in [3.8, 4) is 5.75 Å². The third-order valence-electron chi connectivity index (χ3n) is 3.97. The third-order valence-corrected chi connectivity index (χ3v) is 4.98. The Morgan fingerprint density at radius 1 is 0.885 bits per heavy atom. The van der Waals surface area contributed by atoms with E-state index in [-0.39, 0.29) is 12.5 Å². The van der Waals surface area contributed by atoms with Crippen molar-refractivity contribution in [3.05, 3.63) is 83.9 Å². The molecule has 1 N–H and O–H groups in total. The quantitative estimate of drug-likeness (QED) is 0.631. The van der Waals surface area contributed by atoms with Crippen LogP contribution >= 0.6 is 11.8 Å². The number of hydrogen-bond donors (Lipinski definition) is 1. The van der Waals surface area contributed by atoms with Crippen molar-refractivity contribution in [3.63, 3.8) is 0 Å². The van der Waals surface area contributed by atoms with Crippen molar-refractivity contribution in [2.45, 2.75) is 23.6 Å². The first-order valence-electron chi connectivity index (χ1n) is 8.43. The van der Waals surface area contributed by atoms with E-state index >= 15 is 0 Å². The molecule has 0 atom stereocenters. The number of hydrogen-bond acceptors (Lipinski definition) is 3. The van der Waals surface area contributed by atoms with Gasteiger partial charge in [-0.1, -0.05) is 36.0 Å². The monoisotopic (exact) mass is 363 g/mol. The molecule has 0 saturated carbocycles. The normalized spacial score (nSPS) is 10.4. The summed E-state index contributed by atoms with van der Waals surface area (Å²) in [6.07, 6.45) is 0. The molecule has 1 amide bonds. The van der Waals surface area contributed by atoms with E-state index in [1.54, 1.807) is 11.8 Å². The molecule has 0 aliphatic carbocycles. The van der Waals surface area contributed by atoms with Crippen LogP contribution in [0.2, 0.25) is 0 Å². The summed E-state index contributed by atoms with van der Waals surface area (Å²) < 4.78 is 5.56. The van der Waals surface area contributed by atoms with Gasteiger partial charge in [-0.05, 0) is 73.5 Å². The Morgan fingerprint density at radius 3 is 2.27 bits per heavy atom. The molecular formula is C22H21NO2S. The van der Waals surface area contributed by atoms with Crippen LogP contribution in [0.3, 0.4) is 0 Å². The Kier molecular flexibility index (Phi) is 5.97. The lowest BCUT2D eigenvalue weighted by atomic mass is 10.1. The maximum atomic E-state index is 12.1. The molecule has 0 aliphatic rings. The summed E-state index contributed by atoms with van der Waals surface area (Å²) in [5.41, 5.74) is 3.11. The number of rotatable bonds is 6. The van der Waals surface area contributed by atoms with E-state index in [1.165, 1.54) is 10.5 Å². The zero-order chi connectivity index (χ0) is 18.4. The van der Waals surface area contributed by atoms with Gasteiger partial charge >= 0.3 is 0 Å². The van der Waals surface area contributed by atoms with Crippen LogP contribution in [0.1, 0.15) is 11.1 Å². The highest BCUT2D eigenvalue weighted by Crippen LogP contribution is 2.28. The number of ether oxygens (including phenoxy) is 1. The van der Waals surface area contributed by atoms with Crippen LogP contribution in [0, 0.1) is 13.8 Å². The molecule has 0 heterocycles. The minimum atomic E-state index is -0.174. The summed E-state index contributed by atoms with van der Waals surface area (Å²) in [5, 5.41) is 2.86. The van der Waals surface area contributed by atoms with Crippen molar-refractivity contribution in [2.75, 3.05) is 11.9 Å². The van der Waals surface area contributed by atoms with Gasteiger partial charge in [0.2, 0.25) is 0 Å². The van der Waals surface area contributed by atoms with E-state index in [2.05, 4.69) is 17.4 Å². The summed E-state index contributed by atoms with van der Waals surface area (Å²) in [4.78, 5) is 14.4. The van der Waals surface area contributed by atoms with Crippen molar-refractivity contribution in [1.82, 2.24) is 0 Å². The predicted molar refractivity (Wildman–Crippen MR) is 107 cm³/mol. The molecule has 0 aromatic heterocycles. The fourth-order valence-electron chi connectivity index (χ4n) is 2.38. The van der Waals surface area contributed by atoms with Gasteiger partial charge in [0.25, 0.3) is 5.91 Å². The molecule has 3 nitrogen and oxygen atoms in total. The Hall–Kier alpha value is -2.72. The van der Waals surface area contributed by atoms with Crippen LogP contribution in [-0.2, 0) is 4.79 Å². The van der Waals surface area contributed by atoms with Crippen molar-refractivity contribution in [1.29, 1.82) is 0 Å². The Labute approximate surface area is 158 Å². The topological polar surface area (TPSA) is 38.3 Å². The highest BCUT2D eigenvalue weighted by Gasteiger charge is 2.05. The molecule has 0 radical (unpaired) electrons. The molecule has 3 rings (SSSR count). The fraction of sp³-hybridized carbons (Fsp3) is 0.136. The van der Waals surface area contributed by atoms with E-state index in [0.717, 1.165) is 16.1 Å². The molecule has 0 bridgehead atoms. The molecule has 4 heteroatoms. The number of nitrogens with one attached hydrogen (secondary N) is 1. The number of carbonyl (C=O) groups excluding carboxylic acids is 1. The van der Waals surface area contributed by atoms with E-state index in [1.807, 2.05) is 74.5 Å². The standard InChI is InChI=1S/C22H21NO2S/c1-16-8-11-19(14-17(16)2)25-15-22(24)23-18-9-12-21(13-10-18)26-20-6-4-3-5-7-20/h3-14H,15H2,1-2H3,(H,23,24). The second kappa shape index (κ2) is 8.59. The maximum absolute atomic E-state index is 12.1. The van der Waals surface area contributed by atoms with Gasteiger partial charge in [-0.2, -0.15) is 0 Å². The van der Waals surface area contributed by atoms with E-state index in [0.29, 0.717) is 5.75 Å². The minimum absolute atomic E-state index is 0.0109. The summed E-state index contributed by atoms with van der Waals surface area (Å²) >= 11 is 1.69. The lowest BCUT2D eigenvalue weighted by Gasteiger charge is -2.09. The Morgan fingerprint density at radius 2 is 1.58 bits per heavy atom. The lowest BCUT2D eigenvalue weighted by Crippen LogP contribution is -2.20. The molecule has 3 aromatic carbocycles. The van der Waals surface area contributed by atoms with Gasteiger partial charge in [0, 0.05) is 15.5 Å². The molecule has 0 saturated heterocycles. The molecule has 132 valence electrons. The Bertz CT molecular complexity index is 876. The van der Waals surface area contributed by atoms with Crippen LogP contribution in [-0.4, -0.2) is 12.5 Å². The molecule has 3 aromatic rings. The van der Waals surface area contributed by atoms with Crippen LogP contribution in [0.25, 0.3) is 0 Å². The van der Waals surface area contributed by atoms with Gasteiger partial charge in [-0.25, -0.2) is 0 Å². The van der Waals surface area contributed by atoms with Crippen LogP contribution in [0.5, 0.6) is 5.75 Å². The number of benzene rings is 3. The lowest BCUT2D eigenvalue weighted by molar-refractivity contribution is -0.118. The smallest absolute Gasteiger partial charge is 0.262 e. The molecule has 0 unspecified atom stereocenters. The van der Waals surface area contributed by atoms with Crippen molar-refractivity contribution in [2.24, 2.45) is 0 Å². The highest BCUT2D eigenvalue weighted by atomic mass is 32.2. The van der Waals surface area contributed by atoms with Gasteiger partial charge in [-0.3, -0.25) is 4.79 Å². The Balaban J connectivity index is 1.51. The van der Waals surface area contributed by atoms with Crippen LogP contribution < -0.4 is 10.1 Å². The SMILES string of the molecule is Cc1ccc(OCC(=O)Nc2ccc(Sc3ccccc3)cc2)cc1C. The van der Waals surface area contributed by atoms with Gasteiger partial charge in [0.1, 0.15) is 5.75 Å². The van der Waals surface area contributed by atoms with Crippen LogP contribution in [0.15, 0.2) is 82.6 Å². The zero-order valence-corrected chi connectivity index (χ0v) is 15.7. The largest absolute Gasteiger partial charge is 0.484 e. The zero-order valence-electron chi connectivity index (χ0n) is 14.9. The van der Waals surface area contributed by atoms with E-state index in [4.69, 9.17) is 4.74 Å². The van der Waals surface area contributed by atoms with Gasteiger partial charge in [-0.15, -0.1) is 0 Å². The average molecular weight is 363 g/mol. The van der Waals surface area contributed by atoms with E-state index < -0.39 is 0 Å². The van der Waals surface area contributed by atoms with Gasteiger partial charge in [0.15, 0.2) is 6.61 Å². The average Bonchev–Trinajstić information content (AvgIpc) is 2.65. The molecule has 26 heavy (non-hydrogen) atoms. The molecule has 0 fully saturated rings. The number of carbonyl (C=O) groups is 1. The number of aryl methyl sites for hydroxylation is 2. The summed E-state index contributed by atoms with van der Waals surface area (Å²) in [6, 6.07) is 23.8. The first kappa shape index (κ1) is 18.1. The van der Waals surface area contributed by atoms with E-state index in [9.17, 15) is 4.79 Å². The molecule has 0 spiro atoms. The maximum Gasteiger partial charge on any atom is 0.262 e. The van der Waals surface area contributed by atoms with Crippen LogP contribution in [0.4, 0.5) is 5.69 Å². The fourth-order valence-corrected chi connectivity index (χ4v) is 3.22.